The average Bonchev–Trinajstić information content (AvgIpc) is 2.72. The highest BCUT2D eigenvalue weighted by molar-refractivity contribution is 5.85. The molecule has 2 unspecified atom stereocenters. The van der Waals surface area contributed by atoms with E-state index < -0.39 is 5.54 Å². The first-order chi connectivity index (χ1) is 9.03. The Hall–Kier alpha value is -0.650. The molecule has 0 saturated heterocycles. The van der Waals surface area contributed by atoms with Crippen LogP contribution in [0.5, 0.6) is 0 Å². The van der Waals surface area contributed by atoms with Crippen LogP contribution in [0.1, 0.15) is 39.5 Å². The van der Waals surface area contributed by atoms with Gasteiger partial charge in [0.2, 0.25) is 5.91 Å². The number of primary amides is 1. The highest BCUT2D eigenvalue weighted by atomic mass is 16.5. The van der Waals surface area contributed by atoms with Crippen LogP contribution in [-0.4, -0.2) is 44.4 Å². The first kappa shape index (κ1) is 16.4. The third kappa shape index (κ3) is 4.44. The first-order valence-electron chi connectivity index (χ1n) is 7.17. The van der Waals surface area contributed by atoms with E-state index in [0.29, 0.717) is 19.8 Å². The number of hydrogen-bond acceptors (Lipinski definition) is 4. The van der Waals surface area contributed by atoms with Crippen LogP contribution in [-0.2, 0) is 14.3 Å². The van der Waals surface area contributed by atoms with Crippen molar-refractivity contribution in [2.75, 3.05) is 26.9 Å². The van der Waals surface area contributed by atoms with Gasteiger partial charge in [-0.05, 0) is 39.0 Å². The standard InChI is InChI=1S/C14H28N2O3/c1-11(2)16-14(13(15)17)7-4-5-12(14)6-8-19-10-9-18-3/h11-12,16H,4-10H2,1-3H3,(H2,15,17). The molecule has 1 aliphatic carbocycles. The van der Waals surface area contributed by atoms with Crippen molar-refractivity contribution in [2.45, 2.75) is 51.1 Å². The Labute approximate surface area is 116 Å². The van der Waals surface area contributed by atoms with Gasteiger partial charge in [-0.2, -0.15) is 0 Å². The van der Waals surface area contributed by atoms with E-state index in [1.165, 1.54) is 0 Å². The monoisotopic (exact) mass is 272 g/mol. The highest BCUT2D eigenvalue weighted by Gasteiger charge is 2.47. The van der Waals surface area contributed by atoms with Gasteiger partial charge in [-0.1, -0.05) is 6.42 Å². The zero-order valence-electron chi connectivity index (χ0n) is 12.4. The zero-order chi connectivity index (χ0) is 14.3. The molecule has 0 aromatic rings. The molecule has 3 N–H and O–H groups in total. The van der Waals surface area contributed by atoms with E-state index in [1.54, 1.807) is 7.11 Å². The van der Waals surface area contributed by atoms with Crippen LogP contribution in [0.2, 0.25) is 0 Å². The van der Waals surface area contributed by atoms with Gasteiger partial charge >= 0.3 is 0 Å². The number of rotatable bonds is 9. The number of methoxy groups -OCH3 is 1. The van der Waals surface area contributed by atoms with Crippen LogP contribution in [0.25, 0.3) is 0 Å². The van der Waals surface area contributed by atoms with Crippen molar-refractivity contribution < 1.29 is 14.3 Å². The molecule has 1 fully saturated rings. The van der Waals surface area contributed by atoms with Crippen LogP contribution >= 0.6 is 0 Å². The fourth-order valence-electron chi connectivity index (χ4n) is 3.04. The van der Waals surface area contributed by atoms with Gasteiger partial charge in [0.05, 0.1) is 13.2 Å². The average molecular weight is 272 g/mol. The van der Waals surface area contributed by atoms with Crippen molar-refractivity contribution in [2.24, 2.45) is 11.7 Å². The van der Waals surface area contributed by atoms with Gasteiger partial charge in [-0.3, -0.25) is 4.79 Å². The summed E-state index contributed by atoms with van der Waals surface area (Å²) in [6, 6.07) is 0.252. The van der Waals surface area contributed by atoms with Gasteiger partial charge in [-0.25, -0.2) is 0 Å². The Morgan fingerprint density at radius 3 is 2.74 bits per heavy atom. The Morgan fingerprint density at radius 2 is 2.16 bits per heavy atom. The van der Waals surface area contributed by atoms with Crippen LogP contribution in [0.3, 0.4) is 0 Å². The second kappa shape index (κ2) is 7.82. The Balaban J connectivity index is 2.51. The lowest BCUT2D eigenvalue weighted by atomic mass is 9.83. The highest BCUT2D eigenvalue weighted by Crippen LogP contribution is 2.38. The summed E-state index contributed by atoms with van der Waals surface area (Å²) in [6.07, 6.45) is 3.79. The molecular weight excluding hydrogens is 244 g/mol. The van der Waals surface area contributed by atoms with E-state index in [-0.39, 0.29) is 17.9 Å². The fourth-order valence-corrected chi connectivity index (χ4v) is 3.04. The second-order valence-electron chi connectivity index (χ2n) is 5.62. The van der Waals surface area contributed by atoms with E-state index in [2.05, 4.69) is 19.2 Å². The molecule has 1 rings (SSSR count). The van der Waals surface area contributed by atoms with Gasteiger partial charge in [0.15, 0.2) is 0 Å². The molecule has 2 atom stereocenters. The predicted molar refractivity (Wildman–Crippen MR) is 74.9 cm³/mol. The van der Waals surface area contributed by atoms with Crippen LogP contribution in [0, 0.1) is 5.92 Å². The van der Waals surface area contributed by atoms with Gasteiger partial charge in [0.1, 0.15) is 5.54 Å². The minimum atomic E-state index is -0.543. The number of hydrogen-bond donors (Lipinski definition) is 2. The summed E-state index contributed by atoms with van der Waals surface area (Å²) >= 11 is 0. The van der Waals surface area contributed by atoms with Crippen LogP contribution in [0.15, 0.2) is 0 Å². The second-order valence-corrected chi connectivity index (χ2v) is 5.62. The van der Waals surface area contributed by atoms with Crippen LogP contribution in [0.4, 0.5) is 0 Å². The summed E-state index contributed by atoms with van der Waals surface area (Å²) in [6.45, 7) is 5.97. The molecule has 0 spiro atoms. The Morgan fingerprint density at radius 1 is 1.42 bits per heavy atom. The molecule has 1 amide bonds. The number of amides is 1. The summed E-state index contributed by atoms with van der Waals surface area (Å²) in [7, 11) is 1.66. The fraction of sp³-hybridized carbons (Fsp3) is 0.929. The number of carbonyl (C=O) groups is 1. The van der Waals surface area contributed by atoms with E-state index in [9.17, 15) is 4.79 Å². The quantitative estimate of drug-likeness (QED) is 0.616. The van der Waals surface area contributed by atoms with Gasteiger partial charge in [-0.15, -0.1) is 0 Å². The van der Waals surface area contributed by atoms with Crippen molar-refractivity contribution in [1.29, 1.82) is 0 Å². The van der Waals surface area contributed by atoms with Crippen molar-refractivity contribution in [3.8, 4) is 0 Å². The number of ether oxygens (including phenoxy) is 2. The minimum Gasteiger partial charge on any atom is -0.382 e. The van der Waals surface area contributed by atoms with E-state index in [1.807, 2.05) is 0 Å². The summed E-state index contributed by atoms with van der Waals surface area (Å²) in [5.41, 5.74) is 5.12. The van der Waals surface area contributed by atoms with E-state index in [4.69, 9.17) is 15.2 Å². The summed E-state index contributed by atoms with van der Waals surface area (Å²) < 4.78 is 10.4. The summed E-state index contributed by atoms with van der Waals surface area (Å²) in [5.74, 6) is 0.0514. The number of carbonyl (C=O) groups excluding carboxylic acids is 1. The van der Waals surface area contributed by atoms with E-state index in [0.717, 1.165) is 25.7 Å². The molecule has 0 aromatic carbocycles. The maximum atomic E-state index is 11.9. The smallest absolute Gasteiger partial charge is 0.238 e. The molecule has 0 bridgehead atoms. The summed E-state index contributed by atoms with van der Waals surface area (Å²) in [5, 5.41) is 3.40. The molecule has 0 aromatic heterocycles. The van der Waals surface area contributed by atoms with E-state index >= 15 is 0 Å². The molecular formula is C14H28N2O3. The van der Waals surface area contributed by atoms with Gasteiger partial charge in [0.25, 0.3) is 0 Å². The summed E-state index contributed by atoms with van der Waals surface area (Å²) in [4.78, 5) is 11.9. The van der Waals surface area contributed by atoms with Gasteiger partial charge < -0.3 is 20.5 Å². The lowest BCUT2D eigenvalue weighted by molar-refractivity contribution is -0.126. The van der Waals surface area contributed by atoms with Crippen molar-refractivity contribution in [1.82, 2.24) is 5.32 Å². The molecule has 1 saturated carbocycles. The third-order valence-corrected chi connectivity index (χ3v) is 3.85. The normalized spacial score (nSPS) is 27.1. The molecule has 1 aliphatic rings. The Bertz CT molecular complexity index is 284. The van der Waals surface area contributed by atoms with Crippen molar-refractivity contribution >= 4 is 5.91 Å². The van der Waals surface area contributed by atoms with Crippen molar-refractivity contribution in [3.63, 3.8) is 0 Å². The maximum absolute atomic E-state index is 11.9. The Kier molecular flexibility index (Phi) is 6.75. The van der Waals surface area contributed by atoms with Crippen LogP contribution < -0.4 is 11.1 Å². The SMILES string of the molecule is COCCOCCC1CCCC1(NC(C)C)C(N)=O. The molecule has 0 heterocycles. The minimum absolute atomic E-state index is 0.222. The predicted octanol–water partition coefficient (Wildman–Crippen LogP) is 1.06. The molecule has 112 valence electrons. The number of nitrogens with two attached hydrogens (primary N) is 1. The van der Waals surface area contributed by atoms with Gasteiger partial charge in [0, 0.05) is 19.8 Å². The molecule has 0 radical (unpaired) electrons. The molecule has 5 heteroatoms. The third-order valence-electron chi connectivity index (χ3n) is 3.85. The largest absolute Gasteiger partial charge is 0.382 e. The molecule has 5 nitrogen and oxygen atoms in total. The molecule has 0 aliphatic heterocycles. The number of nitrogens with one attached hydrogen (secondary N) is 1. The molecule has 19 heavy (non-hydrogen) atoms. The maximum Gasteiger partial charge on any atom is 0.238 e. The topological polar surface area (TPSA) is 73.6 Å². The lowest BCUT2D eigenvalue weighted by Crippen LogP contribution is -2.60. The lowest BCUT2D eigenvalue weighted by Gasteiger charge is -2.35. The first-order valence-corrected chi connectivity index (χ1v) is 7.17. The van der Waals surface area contributed by atoms with Crippen molar-refractivity contribution in [3.05, 3.63) is 0 Å². The zero-order valence-corrected chi connectivity index (χ0v) is 12.4.